The van der Waals surface area contributed by atoms with Gasteiger partial charge in [0.1, 0.15) is 5.82 Å². The van der Waals surface area contributed by atoms with Crippen molar-refractivity contribution in [3.63, 3.8) is 0 Å². The van der Waals surface area contributed by atoms with E-state index >= 15 is 0 Å². The van der Waals surface area contributed by atoms with Gasteiger partial charge in [0.15, 0.2) is 0 Å². The van der Waals surface area contributed by atoms with E-state index < -0.39 is 0 Å². The fourth-order valence-corrected chi connectivity index (χ4v) is 2.79. The van der Waals surface area contributed by atoms with Crippen LogP contribution in [-0.2, 0) is 17.6 Å². The minimum atomic E-state index is -0.349. The van der Waals surface area contributed by atoms with Crippen LogP contribution in [0.5, 0.6) is 0 Å². The van der Waals surface area contributed by atoms with Crippen molar-refractivity contribution in [2.24, 2.45) is 0 Å². The van der Waals surface area contributed by atoms with Gasteiger partial charge in [0, 0.05) is 5.69 Å². The molecule has 3 aromatic carbocycles. The topological polar surface area (TPSA) is 58.2 Å². The summed E-state index contributed by atoms with van der Waals surface area (Å²) in [4.78, 5) is 25.0. The molecule has 0 saturated heterocycles. The van der Waals surface area contributed by atoms with Gasteiger partial charge < -0.3 is 10.6 Å². The Balaban J connectivity index is 1.69. The summed E-state index contributed by atoms with van der Waals surface area (Å²) in [6.07, 6.45) is 1.02. The summed E-state index contributed by atoms with van der Waals surface area (Å²) < 4.78 is 13.0. The molecule has 0 fully saturated rings. The van der Waals surface area contributed by atoms with E-state index in [2.05, 4.69) is 17.6 Å². The van der Waals surface area contributed by atoms with Crippen LogP contribution in [0.3, 0.4) is 0 Å². The first-order valence-electron chi connectivity index (χ1n) is 9.09. The molecule has 28 heavy (non-hydrogen) atoms. The predicted octanol–water partition coefficient (Wildman–Crippen LogP) is 4.82. The lowest BCUT2D eigenvalue weighted by Crippen LogP contribution is -2.19. The molecular formula is C23H21FN2O2. The molecule has 0 radical (unpaired) electrons. The van der Waals surface area contributed by atoms with E-state index in [9.17, 15) is 14.0 Å². The zero-order chi connectivity index (χ0) is 19.9. The highest BCUT2D eigenvalue weighted by atomic mass is 19.1. The maximum absolute atomic E-state index is 13.0. The number of aryl methyl sites for hydroxylation is 1. The zero-order valence-corrected chi connectivity index (χ0v) is 15.5. The summed E-state index contributed by atoms with van der Waals surface area (Å²) in [5.41, 5.74) is 3.37. The summed E-state index contributed by atoms with van der Waals surface area (Å²) in [7, 11) is 0. The van der Waals surface area contributed by atoms with Gasteiger partial charge in [0.05, 0.1) is 17.7 Å². The predicted molar refractivity (Wildman–Crippen MR) is 109 cm³/mol. The van der Waals surface area contributed by atoms with Crippen molar-refractivity contribution in [3.05, 3.63) is 95.3 Å². The third-order valence-corrected chi connectivity index (χ3v) is 4.34. The lowest BCUT2D eigenvalue weighted by Gasteiger charge is -2.12. The molecule has 0 aliphatic rings. The van der Waals surface area contributed by atoms with Crippen LogP contribution < -0.4 is 10.6 Å². The smallest absolute Gasteiger partial charge is 0.257 e. The van der Waals surface area contributed by atoms with Crippen molar-refractivity contribution in [1.29, 1.82) is 0 Å². The van der Waals surface area contributed by atoms with Crippen molar-refractivity contribution in [2.45, 2.75) is 19.8 Å². The molecule has 0 heterocycles. The van der Waals surface area contributed by atoms with Crippen LogP contribution in [0, 0.1) is 5.82 Å². The molecule has 0 aliphatic carbocycles. The second-order valence-electron chi connectivity index (χ2n) is 6.40. The second-order valence-corrected chi connectivity index (χ2v) is 6.40. The fourth-order valence-electron chi connectivity index (χ4n) is 2.79. The van der Waals surface area contributed by atoms with Gasteiger partial charge in [-0.2, -0.15) is 0 Å². The maximum Gasteiger partial charge on any atom is 0.257 e. The Bertz CT molecular complexity index is 967. The van der Waals surface area contributed by atoms with Gasteiger partial charge >= 0.3 is 0 Å². The molecule has 0 spiro atoms. The molecule has 0 bridgehead atoms. The van der Waals surface area contributed by atoms with E-state index in [0.717, 1.165) is 6.42 Å². The highest BCUT2D eigenvalue weighted by Crippen LogP contribution is 2.18. The minimum absolute atomic E-state index is 0.0920. The summed E-state index contributed by atoms with van der Waals surface area (Å²) in [5, 5.41) is 5.61. The number of para-hydroxylation sites is 1. The highest BCUT2D eigenvalue weighted by molar-refractivity contribution is 6.10. The summed E-state index contributed by atoms with van der Waals surface area (Å²) in [6.45, 7) is 2.07. The number of amides is 2. The van der Waals surface area contributed by atoms with E-state index in [1.54, 1.807) is 36.4 Å². The Labute approximate surface area is 163 Å². The maximum atomic E-state index is 13.0. The number of carbonyl (C=O) groups is 2. The van der Waals surface area contributed by atoms with Gasteiger partial charge in [0.2, 0.25) is 5.91 Å². The number of halogens is 1. The Morgan fingerprint density at radius 1 is 0.821 bits per heavy atom. The quantitative estimate of drug-likeness (QED) is 0.648. The zero-order valence-electron chi connectivity index (χ0n) is 15.5. The molecule has 3 rings (SSSR count). The van der Waals surface area contributed by atoms with Gasteiger partial charge in [-0.1, -0.05) is 43.3 Å². The van der Waals surface area contributed by atoms with E-state index in [4.69, 9.17) is 0 Å². The lowest BCUT2D eigenvalue weighted by atomic mass is 10.1. The molecule has 0 aliphatic heterocycles. The normalized spacial score (nSPS) is 10.4. The van der Waals surface area contributed by atoms with Crippen molar-refractivity contribution < 1.29 is 14.0 Å². The second kappa shape index (κ2) is 8.95. The number of nitrogens with one attached hydrogen (secondary N) is 2. The minimum Gasteiger partial charge on any atom is -0.325 e. The average Bonchev–Trinajstić information content (AvgIpc) is 2.70. The summed E-state index contributed by atoms with van der Waals surface area (Å²) >= 11 is 0. The Morgan fingerprint density at radius 3 is 2.14 bits per heavy atom. The Kier molecular flexibility index (Phi) is 6.17. The van der Waals surface area contributed by atoms with Crippen molar-refractivity contribution in [3.8, 4) is 0 Å². The number of anilines is 2. The summed E-state index contributed by atoms with van der Waals surface area (Å²) in [6, 6.07) is 20.2. The van der Waals surface area contributed by atoms with E-state index in [-0.39, 0.29) is 24.1 Å². The number of hydrogen-bond donors (Lipinski definition) is 2. The number of rotatable bonds is 6. The van der Waals surface area contributed by atoms with Gasteiger partial charge in [-0.05, 0) is 53.9 Å². The van der Waals surface area contributed by atoms with Crippen LogP contribution in [0.15, 0.2) is 72.8 Å². The first-order valence-corrected chi connectivity index (χ1v) is 9.09. The standard InChI is InChI=1S/C23H21FN2O2/c1-2-16-9-13-19(14-10-16)25-23(28)20-5-3-4-6-21(20)26-22(27)15-17-7-11-18(24)12-8-17/h3-14H,2,15H2,1H3,(H,25,28)(H,26,27). The lowest BCUT2D eigenvalue weighted by molar-refractivity contribution is -0.115. The first-order chi connectivity index (χ1) is 13.5. The third-order valence-electron chi connectivity index (χ3n) is 4.34. The molecule has 3 aromatic rings. The van der Waals surface area contributed by atoms with E-state index in [1.807, 2.05) is 24.3 Å². The molecule has 4 nitrogen and oxygen atoms in total. The van der Waals surface area contributed by atoms with Crippen molar-refractivity contribution >= 4 is 23.2 Å². The molecule has 2 amide bonds. The van der Waals surface area contributed by atoms with Crippen LogP contribution in [0.25, 0.3) is 0 Å². The first kappa shape index (κ1) is 19.3. The van der Waals surface area contributed by atoms with Crippen molar-refractivity contribution in [1.82, 2.24) is 0 Å². The van der Waals surface area contributed by atoms with Crippen LogP contribution >= 0.6 is 0 Å². The molecule has 0 unspecified atom stereocenters. The number of benzene rings is 3. The molecule has 2 N–H and O–H groups in total. The van der Waals surface area contributed by atoms with Crippen LogP contribution in [0.1, 0.15) is 28.4 Å². The van der Waals surface area contributed by atoms with Crippen molar-refractivity contribution in [2.75, 3.05) is 10.6 Å². The molecule has 0 aromatic heterocycles. The Hall–Kier alpha value is -3.47. The third kappa shape index (κ3) is 5.04. The van der Waals surface area contributed by atoms with E-state index in [0.29, 0.717) is 22.5 Å². The Morgan fingerprint density at radius 2 is 1.46 bits per heavy atom. The fraction of sp³-hybridized carbons (Fsp3) is 0.130. The van der Waals surface area contributed by atoms with Gasteiger partial charge in [-0.25, -0.2) is 4.39 Å². The van der Waals surface area contributed by atoms with Gasteiger partial charge in [0.25, 0.3) is 5.91 Å². The number of hydrogen-bond acceptors (Lipinski definition) is 2. The van der Waals surface area contributed by atoms with Crippen LogP contribution in [0.2, 0.25) is 0 Å². The number of carbonyl (C=O) groups excluding carboxylic acids is 2. The average molecular weight is 376 g/mol. The van der Waals surface area contributed by atoms with Gasteiger partial charge in [-0.15, -0.1) is 0 Å². The van der Waals surface area contributed by atoms with Crippen LogP contribution in [-0.4, -0.2) is 11.8 Å². The largest absolute Gasteiger partial charge is 0.325 e. The van der Waals surface area contributed by atoms with Crippen LogP contribution in [0.4, 0.5) is 15.8 Å². The molecule has 142 valence electrons. The molecular weight excluding hydrogens is 355 g/mol. The molecule has 5 heteroatoms. The van der Waals surface area contributed by atoms with E-state index in [1.165, 1.54) is 17.7 Å². The summed E-state index contributed by atoms with van der Waals surface area (Å²) in [5.74, 6) is -0.931. The monoisotopic (exact) mass is 376 g/mol. The van der Waals surface area contributed by atoms with Gasteiger partial charge in [-0.3, -0.25) is 9.59 Å². The molecule has 0 atom stereocenters. The molecule has 0 saturated carbocycles. The highest BCUT2D eigenvalue weighted by Gasteiger charge is 2.14. The SMILES string of the molecule is CCc1ccc(NC(=O)c2ccccc2NC(=O)Cc2ccc(F)cc2)cc1.